The van der Waals surface area contributed by atoms with Gasteiger partial charge in [-0.05, 0) is 39.0 Å². The van der Waals surface area contributed by atoms with Gasteiger partial charge in [-0.25, -0.2) is 13.1 Å². The number of benzene rings is 1. The first-order chi connectivity index (χ1) is 9.00. The maximum atomic E-state index is 11.3. The summed E-state index contributed by atoms with van der Waals surface area (Å²) in [6.45, 7) is 5.39. The first kappa shape index (κ1) is 16.5. The second kappa shape index (κ2) is 5.80. The van der Waals surface area contributed by atoms with Crippen LogP contribution < -0.4 is 15.8 Å². The van der Waals surface area contributed by atoms with Crippen molar-refractivity contribution >= 4 is 27.2 Å². The first-order valence-corrected chi connectivity index (χ1v) is 8.03. The maximum absolute atomic E-state index is 11.3. The molecule has 1 rings (SSSR count). The third-order valence-corrected chi connectivity index (χ3v) is 3.55. The number of ketones is 1. The molecule has 20 heavy (non-hydrogen) atoms. The van der Waals surface area contributed by atoms with Crippen LogP contribution in [-0.2, 0) is 10.0 Å². The number of carbonyl (C=O) groups excluding carboxylic acids is 1. The highest BCUT2D eigenvalue weighted by Gasteiger charge is 2.21. The zero-order valence-corrected chi connectivity index (χ0v) is 13.0. The SMILES string of the molecule is CC(=O)c1ccc(NCC(C)(C)NS(C)(=O)=O)cc1N. The van der Waals surface area contributed by atoms with Crippen LogP contribution in [0.25, 0.3) is 0 Å². The highest BCUT2D eigenvalue weighted by Crippen LogP contribution is 2.19. The number of Topliss-reactive ketones (excluding diaryl/α,β-unsaturated/α-hetero) is 1. The second-order valence-corrected chi connectivity index (χ2v) is 7.22. The number of nitrogens with one attached hydrogen (secondary N) is 2. The Morgan fingerprint density at radius 3 is 2.40 bits per heavy atom. The molecule has 0 amide bonds. The van der Waals surface area contributed by atoms with Crippen LogP contribution >= 0.6 is 0 Å². The molecule has 0 radical (unpaired) electrons. The lowest BCUT2D eigenvalue weighted by Gasteiger charge is -2.26. The number of hydrogen-bond acceptors (Lipinski definition) is 5. The van der Waals surface area contributed by atoms with Gasteiger partial charge in [-0.2, -0.15) is 0 Å². The van der Waals surface area contributed by atoms with Crippen LogP contribution in [0.3, 0.4) is 0 Å². The molecule has 0 spiro atoms. The van der Waals surface area contributed by atoms with Crippen LogP contribution in [0.1, 0.15) is 31.1 Å². The Hall–Kier alpha value is -1.60. The summed E-state index contributed by atoms with van der Waals surface area (Å²) in [5.41, 5.74) is 6.76. The zero-order chi connectivity index (χ0) is 15.6. The summed E-state index contributed by atoms with van der Waals surface area (Å²) >= 11 is 0. The van der Waals surface area contributed by atoms with Crippen LogP contribution in [-0.4, -0.2) is 32.5 Å². The zero-order valence-electron chi connectivity index (χ0n) is 12.1. The lowest BCUT2D eigenvalue weighted by Crippen LogP contribution is -2.47. The third kappa shape index (κ3) is 5.18. The van der Waals surface area contributed by atoms with E-state index in [2.05, 4.69) is 10.0 Å². The summed E-state index contributed by atoms with van der Waals surface area (Å²) in [4.78, 5) is 11.3. The van der Waals surface area contributed by atoms with Gasteiger partial charge in [0.1, 0.15) is 0 Å². The van der Waals surface area contributed by atoms with E-state index in [1.807, 2.05) is 0 Å². The lowest BCUT2D eigenvalue weighted by molar-refractivity contribution is 0.101. The van der Waals surface area contributed by atoms with E-state index in [9.17, 15) is 13.2 Å². The van der Waals surface area contributed by atoms with Crippen LogP contribution in [0.15, 0.2) is 18.2 Å². The summed E-state index contributed by atoms with van der Waals surface area (Å²) in [5, 5.41) is 3.10. The highest BCUT2D eigenvalue weighted by atomic mass is 32.2. The molecule has 0 saturated heterocycles. The van der Waals surface area contributed by atoms with Crippen LogP contribution in [0.5, 0.6) is 0 Å². The fourth-order valence-electron chi connectivity index (χ4n) is 1.85. The Morgan fingerprint density at radius 1 is 1.35 bits per heavy atom. The van der Waals surface area contributed by atoms with Gasteiger partial charge in [0.25, 0.3) is 0 Å². The minimum atomic E-state index is -3.27. The Kier molecular flexibility index (Phi) is 4.77. The summed E-state index contributed by atoms with van der Waals surface area (Å²) < 4.78 is 25.0. The molecular weight excluding hydrogens is 278 g/mol. The normalized spacial score (nSPS) is 12.2. The van der Waals surface area contributed by atoms with Gasteiger partial charge in [-0.3, -0.25) is 4.79 Å². The topological polar surface area (TPSA) is 101 Å². The molecule has 0 aliphatic carbocycles. The van der Waals surface area contributed by atoms with Gasteiger partial charge in [-0.1, -0.05) is 0 Å². The standard InChI is InChI=1S/C13H21N3O3S/c1-9(17)11-6-5-10(7-12(11)14)15-8-13(2,3)16-20(4,18)19/h5-7,15-16H,8,14H2,1-4H3. The number of anilines is 2. The average molecular weight is 299 g/mol. The number of nitrogens with two attached hydrogens (primary N) is 1. The van der Waals surface area contributed by atoms with Crippen molar-refractivity contribution in [1.29, 1.82) is 0 Å². The van der Waals surface area contributed by atoms with Crippen LogP contribution in [0.2, 0.25) is 0 Å². The van der Waals surface area contributed by atoms with E-state index in [0.29, 0.717) is 17.8 Å². The smallest absolute Gasteiger partial charge is 0.209 e. The van der Waals surface area contributed by atoms with Gasteiger partial charge in [0.05, 0.1) is 6.26 Å². The minimum Gasteiger partial charge on any atom is -0.398 e. The molecule has 7 heteroatoms. The predicted octanol–water partition coefficient (Wildman–Crippen LogP) is 1.21. The van der Waals surface area contributed by atoms with Gasteiger partial charge in [0.2, 0.25) is 10.0 Å². The largest absolute Gasteiger partial charge is 0.398 e. The number of nitrogen functional groups attached to an aromatic ring is 1. The average Bonchev–Trinajstić information content (AvgIpc) is 2.22. The van der Waals surface area contributed by atoms with Gasteiger partial charge in [0.15, 0.2) is 5.78 Å². The maximum Gasteiger partial charge on any atom is 0.209 e. The molecule has 0 aliphatic rings. The van der Waals surface area contributed by atoms with E-state index in [4.69, 9.17) is 5.73 Å². The Morgan fingerprint density at radius 2 is 1.95 bits per heavy atom. The van der Waals surface area contributed by atoms with E-state index < -0.39 is 15.6 Å². The summed E-state index contributed by atoms with van der Waals surface area (Å²) in [7, 11) is -3.27. The van der Waals surface area contributed by atoms with Gasteiger partial charge in [0, 0.05) is 29.0 Å². The van der Waals surface area contributed by atoms with Crippen LogP contribution in [0, 0.1) is 0 Å². The molecule has 112 valence electrons. The van der Waals surface area contributed by atoms with Crippen molar-refractivity contribution in [3.05, 3.63) is 23.8 Å². The van der Waals surface area contributed by atoms with Crippen molar-refractivity contribution < 1.29 is 13.2 Å². The molecule has 0 bridgehead atoms. The lowest BCUT2D eigenvalue weighted by atomic mass is 10.1. The quantitative estimate of drug-likeness (QED) is 0.541. The minimum absolute atomic E-state index is 0.0897. The fraction of sp³-hybridized carbons (Fsp3) is 0.462. The molecule has 1 aromatic rings. The summed E-state index contributed by atoms with van der Waals surface area (Å²) in [6, 6.07) is 5.05. The van der Waals surface area contributed by atoms with E-state index >= 15 is 0 Å². The Balaban J connectivity index is 2.76. The number of carbonyl (C=O) groups is 1. The molecule has 0 atom stereocenters. The van der Waals surface area contributed by atoms with Crippen molar-refractivity contribution in [2.45, 2.75) is 26.3 Å². The second-order valence-electron chi connectivity index (χ2n) is 5.47. The van der Waals surface area contributed by atoms with E-state index in [1.165, 1.54) is 6.92 Å². The molecule has 0 unspecified atom stereocenters. The summed E-state index contributed by atoms with van der Waals surface area (Å²) in [5.74, 6) is -0.0897. The van der Waals surface area contributed by atoms with E-state index in [1.54, 1.807) is 32.0 Å². The summed E-state index contributed by atoms with van der Waals surface area (Å²) in [6.07, 6.45) is 1.12. The van der Waals surface area contributed by atoms with Gasteiger partial charge < -0.3 is 11.1 Å². The van der Waals surface area contributed by atoms with Crippen molar-refractivity contribution in [2.24, 2.45) is 0 Å². The molecular formula is C13H21N3O3S. The molecule has 6 nitrogen and oxygen atoms in total. The van der Waals surface area contributed by atoms with Crippen LogP contribution in [0.4, 0.5) is 11.4 Å². The third-order valence-electron chi connectivity index (χ3n) is 2.63. The number of rotatable bonds is 6. The molecule has 0 aliphatic heterocycles. The monoisotopic (exact) mass is 299 g/mol. The Bertz CT molecular complexity index is 609. The number of sulfonamides is 1. The molecule has 0 aromatic heterocycles. The van der Waals surface area contributed by atoms with Crippen molar-refractivity contribution in [3.8, 4) is 0 Å². The molecule has 0 heterocycles. The van der Waals surface area contributed by atoms with Gasteiger partial charge in [-0.15, -0.1) is 0 Å². The van der Waals surface area contributed by atoms with Crippen molar-refractivity contribution in [2.75, 3.05) is 23.9 Å². The molecule has 4 N–H and O–H groups in total. The van der Waals surface area contributed by atoms with Gasteiger partial charge >= 0.3 is 0 Å². The van der Waals surface area contributed by atoms with Crippen molar-refractivity contribution in [1.82, 2.24) is 4.72 Å². The Labute approximate surface area is 119 Å². The highest BCUT2D eigenvalue weighted by molar-refractivity contribution is 7.88. The number of hydrogen-bond donors (Lipinski definition) is 3. The fourth-order valence-corrected chi connectivity index (χ4v) is 2.93. The molecule has 0 fully saturated rings. The molecule has 0 saturated carbocycles. The molecule has 1 aromatic carbocycles. The predicted molar refractivity (Wildman–Crippen MR) is 81.4 cm³/mol. The van der Waals surface area contributed by atoms with Crippen molar-refractivity contribution in [3.63, 3.8) is 0 Å². The van der Waals surface area contributed by atoms with E-state index in [-0.39, 0.29) is 5.78 Å². The van der Waals surface area contributed by atoms with E-state index in [0.717, 1.165) is 11.9 Å². The first-order valence-electron chi connectivity index (χ1n) is 6.13.